The van der Waals surface area contributed by atoms with Crippen molar-refractivity contribution < 1.29 is 9.47 Å². The van der Waals surface area contributed by atoms with Crippen molar-refractivity contribution in [3.05, 3.63) is 42.1 Å². The lowest BCUT2D eigenvalue weighted by Gasteiger charge is -2.19. The van der Waals surface area contributed by atoms with Gasteiger partial charge in [-0.3, -0.25) is 0 Å². The number of methoxy groups -OCH3 is 1. The summed E-state index contributed by atoms with van der Waals surface area (Å²) in [7, 11) is 1.63. The Hall–Kier alpha value is -2.96. The molecule has 1 heterocycles. The summed E-state index contributed by atoms with van der Waals surface area (Å²) in [4.78, 5) is 11.5. The highest BCUT2D eigenvalue weighted by Crippen LogP contribution is 2.30. The van der Waals surface area contributed by atoms with Gasteiger partial charge < -0.3 is 25.0 Å². The summed E-state index contributed by atoms with van der Waals surface area (Å²) in [5.74, 6) is 3.10. The molecule has 0 spiro atoms. The minimum atomic E-state index is 0.537. The zero-order valence-electron chi connectivity index (χ0n) is 18.2. The molecule has 7 heteroatoms. The van der Waals surface area contributed by atoms with Crippen molar-refractivity contribution in [3.63, 3.8) is 0 Å². The first-order valence-corrected chi connectivity index (χ1v) is 10.2. The van der Waals surface area contributed by atoms with E-state index < -0.39 is 0 Å². The van der Waals surface area contributed by atoms with Crippen molar-refractivity contribution in [2.24, 2.45) is 4.99 Å². The molecule has 0 saturated carbocycles. The van der Waals surface area contributed by atoms with E-state index in [0.717, 1.165) is 36.7 Å². The van der Waals surface area contributed by atoms with Crippen LogP contribution in [-0.4, -0.2) is 44.3 Å². The first kappa shape index (κ1) is 22.3. The summed E-state index contributed by atoms with van der Waals surface area (Å²) in [6.45, 7) is 12.0. The summed E-state index contributed by atoms with van der Waals surface area (Å²) in [5.41, 5.74) is 1.94. The van der Waals surface area contributed by atoms with E-state index in [9.17, 15) is 0 Å². The van der Waals surface area contributed by atoms with E-state index >= 15 is 0 Å². The highest BCUT2D eigenvalue weighted by molar-refractivity contribution is 5.93. The molecule has 0 aliphatic carbocycles. The molecule has 0 atom stereocenters. The quantitative estimate of drug-likeness (QED) is 0.466. The number of benzene rings is 1. The first-order valence-electron chi connectivity index (χ1n) is 10.2. The Balaban J connectivity index is 2.11. The molecule has 0 saturated heterocycles. The molecule has 29 heavy (non-hydrogen) atoms. The van der Waals surface area contributed by atoms with E-state index in [4.69, 9.17) is 9.47 Å². The van der Waals surface area contributed by atoms with Gasteiger partial charge in [0.1, 0.15) is 5.82 Å². The Bertz CT molecular complexity index is 773. The van der Waals surface area contributed by atoms with Crippen LogP contribution in [0.1, 0.15) is 33.3 Å². The number of nitrogens with one attached hydrogen (secondary N) is 2. The van der Waals surface area contributed by atoms with Crippen LogP contribution in [-0.2, 0) is 6.54 Å². The molecule has 0 bridgehead atoms. The van der Waals surface area contributed by atoms with Crippen LogP contribution < -0.4 is 25.0 Å². The summed E-state index contributed by atoms with van der Waals surface area (Å²) >= 11 is 0. The molecule has 7 nitrogen and oxygen atoms in total. The van der Waals surface area contributed by atoms with Gasteiger partial charge in [0, 0.05) is 37.6 Å². The van der Waals surface area contributed by atoms with E-state index in [-0.39, 0.29) is 0 Å². The van der Waals surface area contributed by atoms with Crippen LogP contribution in [0.25, 0.3) is 0 Å². The lowest BCUT2D eigenvalue weighted by Crippen LogP contribution is -2.30. The number of guanidine groups is 1. The third kappa shape index (κ3) is 6.55. The lowest BCUT2D eigenvalue weighted by atomic mass is 10.2. The van der Waals surface area contributed by atoms with Gasteiger partial charge in [0.15, 0.2) is 17.5 Å². The molecule has 1 aromatic heterocycles. The molecule has 0 aliphatic rings. The van der Waals surface area contributed by atoms with Crippen LogP contribution in [0.4, 0.5) is 11.5 Å². The SMILES string of the molecule is CCNC(=NCc1ccc(N(CC)CC)nc1)Nc1ccc(OC)c(OCC)c1. The topological polar surface area (TPSA) is 71.0 Å². The number of pyridine rings is 1. The standard InChI is InChI=1S/C22H33N5O2/c1-6-23-22(26-18-11-12-19(28-5)20(14-18)29-9-4)25-16-17-10-13-21(24-15-17)27(7-2)8-3/h10-15H,6-9,16H2,1-5H3,(H2,23,25,26). The molecule has 0 unspecified atom stereocenters. The Morgan fingerprint density at radius 1 is 1.07 bits per heavy atom. The molecule has 0 fully saturated rings. The molecule has 2 N–H and O–H groups in total. The summed E-state index contributed by atoms with van der Waals surface area (Å²) in [6.07, 6.45) is 1.89. The Labute approximate surface area is 174 Å². The van der Waals surface area contributed by atoms with Crippen LogP contribution in [0, 0.1) is 0 Å². The van der Waals surface area contributed by atoms with Crippen molar-refractivity contribution in [3.8, 4) is 11.5 Å². The molecule has 2 rings (SSSR count). The smallest absolute Gasteiger partial charge is 0.196 e. The fourth-order valence-electron chi connectivity index (χ4n) is 2.88. The van der Waals surface area contributed by atoms with Gasteiger partial charge >= 0.3 is 0 Å². The molecule has 2 aromatic rings. The number of nitrogens with zero attached hydrogens (tertiary/aromatic N) is 3. The predicted molar refractivity (Wildman–Crippen MR) is 120 cm³/mol. The number of aromatic nitrogens is 1. The molecule has 1 aromatic carbocycles. The normalized spacial score (nSPS) is 11.1. The maximum absolute atomic E-state index is 5.65. The number of hydrogen-bond acceptors (Lipinski definition) is 5. The zero-order chi connectivity index (χ0) is 21.1. The minimum Gasteiger partial charge on any atom is -0.493 e. The molecule has 0 amide bonds. The molecular formula is C22H33N5O2. The summed E-state index contributed by atoms with van der Waals surface area (Å²) in [5, 5.41) is 6.59. The summed E-state index contributed by atoms with van der Waals surface area (Å²) in [6, 6.07) is 9.86. The minimum absolute atomic E-state index is 0.537. The van der Waals surface area contributed by atoms with Crippen LogP contribution in [0.5, 0.6) is 11.5 Å². The van der Waals surface area contributed by atoms with E-state index in [2.05, 4.69) is 51.5 Å². The van der Waals surface area contributed by atoms with Crippen LogP contribution in [0.2, 0.25) is 0 Å². The van der Waals surface area contributed by atoms with Crippen LogP contribution in [0.3, 0.4) is 0 Å². The number of hydrogen-bond donors (Lipinski definition) is 2. The molecule has 0 aliphatic heterocycles. The van der Waals surface area contributed by atoms with Gasteiger partial charge in [-0.25, -0.2) is 9.98 Å². The monoisotopic (exact) mass is 399 g/mol. The Morgan fingerprint density at radius 2 is 1.86 bits per heavy atom. The van der Waals surface area contributed by atoms with E-state index in [1.165, 1.54) is 0 Å². The largest absolute Gasteiger partial charge is 0.493 e. The van der Waals surface area contributed by atoms with Crippen LogP contribution >= 0.6 is 0 Å². The van der Waals surface area contributed by atoms with Crippen molar-refractivity contribution in [1.82, 2.24) is 10.3 Å². The van der Waals surface area contributed by atoms with Gasteiger partial charge in [-0.2, -0.15) is 0 Å². The predicted octanol–water partition coefficient (Wildman–Crippen LogP) is 3.91. The highest BCUT2D eigenvalue weighted by Gasteiger charge is 2.07. The second-order valence-electron chi connectivity index (χ2n) is 6.32. The van der Waals surface area contributed by atoms with E-state index in [0.29, 0.717) is 30.6 Å². The summed E-state index contributed by atoms with van der Waals surface area (Å²) < 4.78 is 11.0. The Kier molecular flexibility index (Phi) is 9.08. The zero-order valence-corrected chi connectivity index (χ0v) is 18.2. The number of anilines is 2. The first-order chi connectivity index (χ1) is 14.1. The van der Waals surface area contributed by atoms with E-state index in [1.807, 2.05) is 38.2 Å². The van der Waals surface area contributed by atoms with Gasteiger partial charge in [-0.05, 0) is 51.5 Å². The van der Waals surface area contributed by atoms with E-state index in [1.54, 1.807) is 7.11 Å². The molecule has 158 valence electrons. The van der Waals surface area contributed by atoms with Crippen molar-refractivity contribution >= 4 is 17.5 Å². The second kappa shape index (κ2) is 11.8. The fraction of sp³-hybridized carbons (Fsp3) is 0.455. The number of ether oxygens (including phenoxy) is 2. The average molecular weight is 400 g/mol. The van der Waals surface area contributed by atoms with Crippen LogP contribution in [0.15, 0.2) is 41.5 Å². The maximum atomic E-state index is 5.65. The Morgan fingerprint density at radius 3 is 2.45 bits per heavy atom. The van der Waals surface area contributed by atoms with Crippen molar-refractivity contribution in [2.75, 3.05) is 43.6 Å². The second-order valence-corrected chi connectivity index (χ2v) is 6.32. The van der Waals surface area contributed by atoms with Crippen molar-refractivity contribution in [1.29, 1.82) is 0 Å². The third-order valence-corrected chi connectivity index (χ3v) is 4.39. The van der Waals surface area contributed by atoms with Gasteiger partial charge in [-0.1, -0.05) is 6.07 Å². The number of rotatable bonds is 10. The van der Waals surface area contributed by atoms with Gasteiger partial charge in [-0.15, -0.1) is 0 Å². The van der Waals surface area contributed by atoms with Gasteiger partial charge in [0.05, 0.1) is 20.3 Å². The van der Waals surface area contributed by atoms with Gasteiger partial charge in [0.2, 0.25) is 0 Å². The average Bonchev–Trinajstić information content (AvgIpc) is 2.74. The highest BCUT2D eigenvalue weighted by atomic mass is 16.5. The molecule has 0 radical (unpaired) electrons. The van der Waals surface area contributed by atoms with Crippen molar-refractivity contribution in [2.45, 2.75) is 34.2 Å². The lowest BCUT2D eigenvalue weighted by molar-refractivity contribution is 0.311. The van der Waals surface area contributed by atoms with Gasteiger partial charge in [0.25, 0.3) is 0 Å². The fourth-order valence-corrected chi connectivity index (χ4v) is 2.88. The molecular weight excluding hydrogens is 366 g/mol. The maximum Gasteiger partial charge on any atom is 0.196 e. The third-order valence-electron chi connectivity index (χ3n) is 4.39. The number of aliphatic imine (C=N–C) groups is 1.